The van der Waals surface area contributed by atoms with E-state index in [0.29, 0.717) is 0 Å². The van der Waals surface area contributed by atoms with Gasteiger partial charge >= 0.3 is 0 Å². The van der Waals surface area contributed by atoms with Crippen molar-refractivity contribution in [1.29, 1.82) is 0 Å². The van der Waals surface area contributed by atoms with Crippen molar-refractivity contribution in [3.8, 4) is 0 Å². The minimum atomic E-state index is 0.273. The number of fused-ring (bicyclic) bond motifs is 2. The summed E-state index contributed by atoms with van der Waals surface area (Å²) in [6.45, 7) is 0. The van der Waals surface area contributed by atoms with Crippen molar-refractivity contribution in [3.63, 3.8) is 0 Å². The molecule has 0 nitrogen and oxygen atoms in total. The first-order chi connectivity index (χ1) is 9.74. The zero-order valence-electron chi connectivity index (χ0n) is 10.1. The lowest BCUT2D eigenvalue weighted by Gasteiger charge is -2.06. The summed E-state index contributed by atoms with van der Waals surface area (Å²) in [4.78, 5) is 1.65. The predicted molar refractivity (Wildman–Crippen MR) is 100.0 cm³/mol. The molecule has 0 N–H and O–H groups in total. The van der Waals surface area contributed by atoms with Gasteiger partial charge in [-0.15, -0.1) is 34.0 Å². The summed E-state index contributed by atoms with van der Waals surface area (Å²) in [6, 6.07) is 10.9. The third-order valence-electron chi connectivity index (χ3n) is 3.26. The molecule has 1 unspecified atom stereocenters. The van der Waals surface area contributed by atoms with Crippen LogP contribution < -0.4 is 0 Å². The maximum atomic E-state index is 3.89. The smallest absolute Gasteiger partial charge is 0.0752 e. The minimum absolute atomic E-state index is 0.273. The number of hydrogen-bond acceptors (Lipinski definition) is 3. The van der Waals surface area contributed by atoms with Crippen LogP contribution in [-0.2, 0) is 0 Å². The van der Waals surface area contributed by atoms with Crippen LogP contribution in [0.25, 0.3) is 19.5 Å². The van der Waals surface area contributed by atoms with E-state index < -0.39 is 0 Å². The van der Waals surface area contributed by atoms with Crippen LogP contribution in [0.5, 0.6) is 0 Å². The molecule has 1 aromatic carbocycles. The van der Waals surface area contributed by atoms with Crippen molar-refractivity contribution in [1.82, 2.24) is 0 Å². The second-order valence-corrected chi connectivity index (χ2v) is 9.18. The fourth-order valence-corrected chi connectivity index (χ4v) is 7.03. The molecular weight excluding hydrogens is 436 g/mol. The zero-order valence-corrected chi connectivity index (χ0v) is 15.7. The Labute approximate surface area is 145 Å². The monoisotopic (exact) mass is 442 g/mol. The Morgan fingerprint density at radius 2 is 1.95 bits per heavy atom. The van der Waals surface area contributed by atoms with E-state index in [1.807, 2.05) is 22.7 Å². The summed E-state index contributed by atoms with van der Waals surface area (Å²) in [5.74, 6) is 0. The van der Waals surface area contributed by atoms with Crippen molar-refractivity contribution in [2.24, 2.45) is 0 Å². The van der Waals surface area contributed by atoms with E-state index in [1.165, 1.54) is 34.4 Å². The number of benzene rings is 1. The summed E-state index contributed by atoms with van der Waals surface area (Å²) >= 11 is 13.0. The fourth-order valence-electron chi connectivity index (χ4n) is 2.30. The van der Waals surface area contributed by atoms with Gasteiger partial charge in [-0.25, -0.2) is 0 Å². The number of alkyl halides is 1. The molecule has 5 heteroatoms. The summed E-state index contributed by atoms with van der Waals surface area (Å²) in [5, 5.41) is 5.76. The van der Waals surface area contributed by atoms with Gasteiger partial charge in [0, 0.05) is 23.4 Å². The van der Waals surface area contributed by atoms with Gasteiger partial charge in [0.2, 0.25) is 0 Å². The van der Waals surface area contributed by atoms with Gasteiger partial charge in [0.15, 0.2) is 0 Å². The second kappa shape index (κ2) is 5.21. The molecule has 0 spiro atoms. The van der Waals surface area contributed by atoms with Gasteiger partial charge in [-0.2, -0.15) is 0 Å². The molecule has 3 aromatic heterocycles. The quantitative estimate of drug-likeness (QED) is 0.282. The Kier molecular flexibility index (Phi) is 3.51. The molecule has 0 saturated heterocycles. The lowest BCUT2D eigenvalue weighted by Crippen LogP contribution is -1.87. The molecule has 100 valence electrons. The van der Waals surface area contributed by atoms with Crippen LogP contribution in [0.3, 0.4) is 0 Å². The van der Waals surface area contributed by atoms with Crippen LogP contribution in [0.1, 0.15) is 15.3 Å². The Morgan fingerprint density at radius 1 is 1.05 bits per heavy atom. The van der Waals surface area contributed by atoms with Gasteiger partial charge in [0.1, 0.15) is 0 Å². The highest BCUT2D eigenvalue weighted by Crippen LogP contribution is 2.44. The van der Waals surface area contributed by atoms with Gasteiger partial charge in [-0.1, -0.05) is 28.1 Å². The predicted octanol–water partition coefficient (Wildman–Crippen LogP) is 7.42. The molecule has 0 radical (unpaired) electrons. The van der Waals surface area contributed by atoms with Crippen molar-refractivity contribution in [3.05, 3.63) is 56.0 Å². The number of halogens is 2. The number of thiophene rings is 3. The highest BCUT2D eigenvalue weighted by molar-refractivity contribution is 9.10. The Balaban J connectivity index is 1.85. The largest absolute Gasteiger partial charge is 0.143 e. The highest BCUT2D eigenvalue weighted by Gasteiger charge is 2.18. The number of hydrogen-bond donors (Lipinski definition) is 0. The lowest BCUT2D eigenvalue weighted by molar-refractivity contribution is 1.27. The lowest BCUT2D eigenvalue weighted by atomic mass is 10.1. The van der Waals surface area contributed by atoms with Gasteiger partial charge in [-0.3, -0.25) is 0 Å². The van der Waals surface area contributed by atoms with E-state index in [0.717, 1.165) is 0 Å². The van der Waals surface area contributed by atoms with Crippen LogP contribution in [0.2, 0.25) is 0 Å². The minimum Gasteiger partial charge on any atom is -0.143 e. The van der Waals surface area contributed by atoms with Crippen LogP contribution >= 0.6 is 65.9 Å². The second-order valence-electron chi connectivity index (χ2n) is 4.47. The SMILES string of the molecule is Brc1cccc2c(C(Br)c3cc4sccc4s3)csc12. The van der Waals surface area contributed by atoms with E-state index in [1.54, 1.807) is 11.3 Å². The molecule has 0 fully saturated rings. The first-order valence-electron chi connectivity index (χ1n) is 6.00. The molecule has 0 amide bonds. The standard InChI is InChI=1S/C15H8Br2S3/c16-10-3-1-2-8-9(7-19-15(8)10)14(17)13-6-12-11(20-13)4-5-18-12/h1-7,14H. The Hall–Kier alpha value is -0.200. The third-order valence-corrected chi connectivity index (χ3v) is 8.68. The maximum absolute atomic E-state index is 3.89. The third kappa shape index (κ3) is 2.11. The molecule has 0 aliphatic heterocycles. The fraction of sp³-hybridized carbons (Fsp3) is 0.0667. The van der Waals surface area contributed by atoms with Crippen LogP contribution in [0.4, 0.5) is 0 Å². The highest BCUT2D eigenvalue weighted by atomic mass is 79.9. The zero-order chi connectivity index (χ0) is 13.7. The van der Waals surface area contributed by atoms with Gasteiger partial charge in [-0.05, 0) is 55.8 Å². The normalized spacial score (nSPS) is 13.3. The molecule has 4 rings (SSSR count). The number of rotatable bonds is 2. The molecule has 0 bridgehead atoms. The maximum Gasteiger partial charge on any atom is 0.0752 e. The first kappa shape index (κ1) is 13.5. The van der Waals surface area contributed by atoms with E-state index in [2.05, 4.69) is 73.0 Å². The van der Waals surface area contributed by atoms with Crippen LogP contribution in [0, 0.1) is 0 Å². The molecule has 0 aliphatic carbocycles. The topological polar surface area (TPSA) is 0 Å². The van der Waals surface area contributed by atoms with Crippen molar-refractivity contribution in [2.45, 2.75) is 4.83 Å². The van der Waals surface area contributed by atoms with Gasteiger partial charge in [0.05, 0.1) is 4.83 Å². The molecular formula is C15H8Br2S3. The summed E-state index contributed by atoms with van der Waals surface area (Å²) in [5.41, 5.74) is 1.36. The van der Waals surface area contributed by atoms with E-state index in [-0.39, 0.29) is 4.83 Å². The Morgan fingerprint density at radius 3 is 2.80 bits per heavy atom. The molecule has 1 atom stereocenters. The first-order valence-corrected chi connectivity index (χ1v) is 10.3. The van der Waals surface area contributed by atoms with E-state index in [4.69, 9.17) is 0 Å². The van der Waals surface area contributed by atoms with Gasteiger partial charge < -0.3 is 0 Å². The molecule has 3 heterocycles. The summed E-state index contributed by atoms with van der Waals surface area (Å²) in [7, 11) is 0. The molecule has 0 saturated carbocycles. The van der Waals surface area contributed by atoms with Crippen LogP contribution in [0.15, 0.2) is 45.6 Å². The Bertz CT molecular complexity index is 872. The summed E-state index contributed by atoms with van der Waals surface area (Å²) in [6.07, 6.45) is 0. The molecule has 0 aliphatic rings. The van der Waals surface area contributed by atoms with Crippen molar-refractivity contribution >= 4 is 85.4 Å². The van der Waals surface area contributed by atoms with Gasteiger partial charge in [0.25, 0.3) is 0 Å². The van der Waals surface area contributed by atoms with Crippen molar-refractivity contribution in [2.75, 3.05) is 0 Å². The van der Waals surface area contributed by atoms with E-state index >= 15 is 0 Å². The van der Waals surface area contributed by atoms with E-state index in [9.17, 15) is 0 Å². The average molecular weight is 444 g/mol. The molecule has 4 aromatic rings. The molecule has 20 heavy (non-hydrogen) atoms. The van der Waals surface area contributed by atoms with Crippen LogP contribution in [-0.4, -0.2) is 0 Å². The van der Waals surface area contributed by atoms with Crippen molar-refractivity contribution < 1.29 is 0 Å². The average Bonchev–Trinajstić information content (AvgIpc) is 3.11. The summed E-state index contributed by atoms with van der Waals surface area (Å²) < 4.78 is 5.27.